The molecular formula is C39H64. The minimum absolute atomic E-state index is 0.566. The van der Waals surface area contributed by atoms with Gasteiger partial charge in [-0.25, -0.2) is 0 Å². The smallest absolute Gasteiger partial charge is 0.0147 e. The van der Waals surface area contributed by atoms with E-state index in [1.807, 2.05) is 53.7 Å². The molecule has 1 fully saturated rings. The van der Waals surface area contributed by atoms with Gasteiger partial charge in [0.1, 0.15) is 0 Å². The van der Waals surface area contributed by atoms with Crippen molar-refractivity contribution in [2.45, 2.75) is 141 Å². The van der Waals surface area contributed by atoms with Gasteiger partial charge in [-0.3, -0.25) is 0 Å². The standard InChI is InChI=1S/C31H44.C4H8.2C2H6/c1-8-14-23(4)20-21-30(25(6)15-9-2)31(26(7)27-17-13-18-27)22-28-16-11-12-19-29(28)24(5)10-3;1-3-4-2;2*1-2/h11-12,15-16,19-22,24H,8-10,13-14,17-18H2,1-7H3;3-4H,1-2H3;2*1-2H3/b23-20-,25-15-,30-21+,31-22+;4-3-;;/t24-;;;/m1.../s1. The fourth-order valence-corrected chi connectivity index (χ4v) is 4.33. The van der Waals surface area contributed by atoms with Crippen LogP contribution in [0.4, 0.5) is 0 Å². The van der Waals surface area contributed by atoms with E-state index in [1.54, 1.807) is 5.57 Å². The first-order valence-corrected chi connectivity index (χ1v) is 16.0. The van der Waals surface area contributed by atoms with Gasteiger partial charge >= 0.3 is 0 Å². The van der Waals surface area contributed by atoms with Crippen LogP contribution in [0.3, 0.4) is 0 Å². The van der Waals surface area contributed by atoms with Crippen molar-refractivity contribution in [3.8, 4) is 0 Å². The Labute approximate surface area is 245 Å². The predicted molar refractivity (Wildman–Crippen MR) is 184 cm³/mol. The third kappa shape index (κ3) is 14.6. The van der Waals surface area contributed by atoms with Crippen LogP contribution in [0.25, 0.3) is 6.08 Å². The Morgan fingerprint density at radius 2 is 1.44 bits per heavy atom. The highest BCUT2D eigenvalue weighted by molar-refractivity contribution is 5.71. The monoisotopic (exact) mass is 533 g/mol. The molecule has 0 aromatic heterocycles. The van der Waals surface area contributed by atoms with Crippen molar-refractivity contribution in [2.24, 2.45) is 0 Å². The number of hydrogen-bond donors (Lipinski definition) is 0. The Balaban J connectivity index is 0. The summed E-state index contributed by atoms with van der Waals surface area (Å²) < 4.78 is 0. The summed E-state index contributed by atoms with van der Waals surface area (Å²) in [7, 11) is 0. The summed E-state index contributed by atoms with van der Waals surface area (Å²) in [6.07, 6.45) is 22.0. The average Bonchev–Trinajstić information content (AvgIpc) is 2.94. The number of benzene rings is 1. The Morgan fingerprint density at radius 3 is 1.90 bits per heavy atom. The third-order valence-corrected chi connectivity index (χ3v) is 7.07. The first-order valence-electron chi connectivity index (χ1n) is 16.0. The Kier molecular flexibility index (Phi) is 24.6. The fraction of sp³-hybridized carbons (Fsp3) is 0.538. The average molecular weight is 533 g/mol. The molecule has 1 saturated carbocycles. The number of rotatable bonds is 10. The van der Waals surface area contributed by atoms with Crippen molar-refractivity contribution in [3.05, 3.63) is 99.2 Å². The molecule has 39 heavy (non-hydrogen) atoms. The van der Waals surface area contributed by atoms with Crippen molar-refractivity contribution in [1.29, 1.82) is 0 Å². The molecule has 0 radical (unpaired) electrons. The second-order valence-electron chi connectivity index (χ2n) is 9.88. The van der Waals surface area contributed by atoms with Gasteiger partial charge in [0.05, 0.1) is 0 Å². The lowest BCUT2D eigenvalue weighted by atomic mass is 9.81. The maximum absolute atomic E-state index is 2.48. The number of hydrogen-bond acceptors (Lipinski definition) is 0. The minimum atomic E-state index is 0.566. The number of allylic oxidation sites excluding steroid dienone is 11. The van der Waals surface area contributed by atoms with E-state index in [9.17, 15) is 0 Å². The van der Waals surface area contributed by atoms with E-state index >= 15 is 0 Å². The highest BCUT2D eigenvalue weighted by Crippen LogP contribution is 2.38. The molecule has 0 spiro atoms. The summed E-state index contributed by atoms with van der Waals surface area (Å²) in [6, 6.07) is 8.98. The van der Waals surface area contributed by atoms with Crippen molar-refractivity contribution < 1.29 is 0 Å². The molecule has 0 heterocycles. The second-order valence-corrected chi connectivity index (χ2v) is 9.88. The lowest BCUT2D eigenvalue weighted by molar-refractivity contribution is 0.653. The predicted octanol–water partition coefficient (Wildman–Crippen LogP) is 13.7. The van der Waals surface area contributed by atoms with Crippen LogP contribution in [0, 0.1) is 0 Å². The zero-order valence-electron chi connectivity index (χ0n) is 28.3. The fourth-order valence-electron chi connectivity index (χ4n) is 4.33. The molecule has 0 nitrogen and oxygen atoms in total. The summed E-state index contributed by atoms with van der Waals surface area (Å²) in [5.41, 5.74) is 11.6. The normalized spacial score (nSPS) is 14.7. The van der Waals surface area contributed by atoms with E-state index in [4.69, 9.17) is 0 Å². The molecule has 0 aliphatic heterocycles. The van der Waals surface area contributed by atoms with Crippen molar-refractivity contribution >= 4 is 6.08 Å². The van der Waals surface area contributed by atoms with Crippen LogP contribution in [-0.4, -0.2) is 0 Å². The van der Waals surface area contributed by atoms with Gasteiger partial charge in [0, 0.05) is 0 Å². The van der Waals surface area contributed by atoms with E-state index in [0.717, 1.165) is 19.3 Å². The van der Waals surface area contributed by atoms with Gasteiger partial charge in [0.25, 0.3) is 0 Å². The molecule has 1 aliphatic rings. The van der Waals surface area contributed by atoms with Crippen LogP contribution >= 0.6 is 0 Å². The molecular weight excluding hydrogens is 468 g/mol. The van der Waals surface area contributed by atoms with Gasteiger partial charge in [0.2, 0.25) is 0 Å². The van der Waals surface area contributed by atoms with Crippen LogP contribution in [0.5, 0.6) is 0 Å². The first-order chi connectivity index (χ1) is 18.8. The van der Waals surface area contributed by atoms with Gasteiger partial charge in [-0.1, -0.05) is 128 Å². The lowest BCUT2D eigenvalue weighted by Crippen LogP contribution is -2.05. The molecule has 1 aromatic rings. The molecule has 0 unspecified atom stereocenters. The summed E-state index contributed by atoms with van der Waals surface area (Å²) in [5.74, 6) is 0.566. The summed E-state index contributed by atoms with van der Waals surface area (Å²) in [6.45, 7) is 28.0. The SMILES string of the molecule is C/C=C\C.CC.CC.CC\C=C(C)/C(=C\C=C(\C)CCC)C(=C/c1ccccc1[C@H](C)CC)/C(C)=C1CCC1. The Morgan fingerprint density at radius 1 is 0.846 bits per heavy atom. The first kappa shape index (κ1) is 38.8. The summed E-state index contributed by atoms with van der Waals surface area (Å²) >= 11 is 0. The second kappa shape index (κ2) is 24.7. The largest absolute Gasteiger partial charge is 0.0919 e. The zero-order chi connectivity index (χ0) is 30.2. The Hall–Kier alpha value is -2.34. The van der Waals surface area contributed by atoms with Crippen LogP contribution in [0.15, 0.2) is 88.1 Å². The van der Waals surface area contributed by atoms with Gasteiger partial charge in [-0.2, -0.15) is 0 Å². The van der Waals surface area contributed by atoms with Crippen LogP contribution in [0.1, 0.15) is 152 Å². The van der Waals surface area contributed by atoms with Gasteiger partial charge in [0.15, 0.2) is 0 Å². The molecule has 2 rings (SSSR count). The highest BCUT2D eigenvalue weighted by atomic mass is 14.2. The zero-order valence-corrected chi connectivity index (χ0v) is 28.3. The van der Waals surface area contributed by atoms with Crippen LogP contribution in [0.2, 0.25) is 0 Å². The molecule has 220 valence electrons. The molecule has 0 bridgehead atoms. The maximum atomic E-state index is 2.48. The topological polar surface area (TPSA) is 0 Å². The quantitative estimate of drug-likeness (QED) is 0.207. The van der Waals surface area contributed by atoms with E-state index in [2.05, 4.69) is 97.0 Å². The third-order valence-electron chi connectivity index (χ3n) is 7.07. The highest BCUT2D eigenvalue weighted by Gasteiger charge is 2.18. The molecule has 0 N–H and O–H groups in total. The molecule has 1 aliphatic carbocycles. The molecule has 0 heteroatoms. The molecule has 0 saturated heterocycles. The molecule has 1 atom stereocenters. The van der Waals surface area contributed by atoms with E-state index in [0.29, 0.717) is 5.92 Å². The summed E-state index contributed by atoms with van der Waals surface area (Å²) in [5, 5.41) is 0. The Bertz CT molecular complexity index is 946. The van der Waals surface area contributed by atoms with Gasteiger partial charge < -0.3 is 0 Å². The van der Waals surface area contributed by atoms with E-state index in [-0.39, 0.29) is 0 Å². The minimum Gasteiger partial charge on any atom is -0.0919 e. The summed E-state index contributed by atoms with van der Waals surface area (Å²) in [4.78, 5) is 0. The molecule has 1 aromatic carbocycles. The lowest BCUT2D eigenvalue weighted by Gasteiger charge is -2.24. The van der Waals surface area contributed by atoms with Gasteiger partial charge in [-0.15, -0.1) is 0 Å². The van der Waals surface area contributed by atoms with Gasteiger partial charge in [-0.05, 0) is 119 Å². The van der Waals surface area contributed by atoms with E-state index < -0.39 is 0 Å². The molecule has 0 amide bonds. The van der Waals surface area contributed by atoms with Crippen molar-refractivity contribution in [3.63, 3.8) is 0 Å². The van der Waals surface area contributed by atoms with Crippen LogP contribution in [-0.2, 0) is 0 Å². The maximum Gasteiger partial charge on any atom is -0.0147 e. The van der Waals surface area contributed by atoms with Crippen molar-refractivity contribution in [1.82, 2.24) is 0 Å². The van der Waals surface area contributed by atoms with Crippen molar-refractivity contribution in [2.75, 3.05) is 0 Å². The van der Waals surface area contributed by atoms with Crippen LogP contribution < -0.4 is 0 Å². The van der Waals surface area contributed by atoms with E-state index in [1.165, 1.54) is 64.7 Å².